The van der Waals surface area contributed by atoms with E-state index in [1.165, 1.54) is 0 Å². The van der Waals surface area contributed by atoms with Gasteiger partial charge in [-0.3, -0.25) is 14.5 Å². The molecule has 0 radical (unpaired) electrons. The summed E-state index contributed by atoms with van der Waals surface area (Å²) < 4.78 is 0. The van der Waals surface area contributed by atoms with E-state index < -0.39 is 0 Å². The molecule has 8 heteroatoms. The van der Waals surface area contributed by atoms with Gasteiger partial charge < -0.3 is 15.5 Å². The van der Waals surface area contributed by atoms with Gasteiger partial charge in [0, 0.05) is 31.9 Å². The van der Waals surface area contributed by atoms with E-state index in [9.17, 15) is 9.59 Å². The monoisotopic (exact) mass is 430 g/mol. The first-order valence-electron chi connectivity index (χ1n) is 9.79. The second-order valence-electron chi connectivity index (χ2n) is 7.16. The number of amides is 2. The second kappa shape index (κ2) is 12.3. The van der Waals surface area contributed by atoms with Gasteiger partial charge in [0.25, 0.3) is 0 Å². The molecule has 2 aliphatic rings. The van der Waals surface area contributed by atoms with Gasteiger partial charge in [-0.15, -0.1) is 24.8 Å². The van der Waals surface area contributed by atoms with Crippen LogP contribution in [0.2, 0.25) is 0 Å². The Morgan fingerprint density at radius 1 is 1.11 bits per heavy atom. The SMILES string of the molecule is CCc1ccccc1NC(=O)CN1CCN(C(=O)C2CCCCN2)CC1.Cl.Cl. The molecule has 2 aliphatic heterocycles. The average molecular weight is 431 g/mol. The number of hydrogen-bond donors (Lipinski definition) is 2. The summed E-state index contributed by atoms with van der Waals surface area (Å²) in [6, 6.07) is 7.91. The van der Waals surface area contributed by atoms with E-state index in [2.05, 4.69) is 22.5 Å². The van der Waals surface area contributed by atoms with E-state index in [0.29, 0.717) is 19.6 Å². The van der Waals surface area contributed by atoms with Crippen molar-refractivity contribution in [3.8, 4) is 0 Å². The number of carbonyl (C=O) groups excluding carboxylic acids is 2. The third-order valence-electron chi connectivity index (χ3n) is 5.33. The summed E-state index contributed by atoms with van der Waals surface area (Å²) >= 11 is 0. The van der Waals surface area contributed by atoms with Crippen LogP contribution in [0.3, 0.4) is 0 Å². The van der Waals surface area contributed by atoms with E-state index in [0.717, 1.165) is 56.6 Å². The second-order valence-corrected chi connectivity index (χ2v) is 7.16. The number of rotatable bonds is 5. The van der Waals surface area contributed by atoms with Gasteiger partial charge in [-0.25, -0.2) is 0 Å². The molecular formula is C20H32Cl2N4O2. The highest BCUT2D eigenvalue weighted by Gasteiger charge is 2.28. The van der Waals surface area contributed by atoms with Crippen molar-refractivity contribution in [2.24, 2.45) is 0 Å². The quantitative estimate of drug-likeness (QED) is 0.751. The number of halogens is 2. The Bertz CT molecular complexity index is 630. The topological polar surface area (TPSA) is 64.7 Å². The van der Waals surface area contributed by atoms with E-state index >= 15 is 0 Å². The van der Waals surface area contributed by atoms with Crippen LogP contribution in [0.5, 0.6) is 0 Å². The molecule has 1 unspecified atom stereocenters. The Hall–Kier alpha value is -1.34. The Balaban J connectivity index is 0.00000196. The van der Waals surface area contributed by atoms with Crippen LogP contribution in [0, 0.1) is 0 Å². The van der Waals surface area contributed by atoms with Gasteiger partial charge in [-0.2, -0.15) is 0 Å². The molecule has 1 aromatic rings. The van der Waals surface area contributed by atoms with E-state index in [4.69, 9.17) is 0 Å². The normalized spacial score (nSPS) is 19.9. The fraction of sp³-hybridized carbons (Fsp3) is 0.600. The van der Waals surface area contributed by atoms with Gasteiger partial charge in [0.05, 0.1) is 12.6 Å². The molecule has 3 rings (SSSR count). The third-order valence-corrected chi connectivity index (χ3v) is 5.33. The zero-order valence-corrected chi connectivity index (χ0v) is 18.1. The Kier molecular flexibility index (Phi) is 10.8. The fourth-order valence-electron chi connectivity index (χ4n) is 3.75. The molecule has 2 N–H and O–H groups in total. The lowest BCUT2D eigenvalue weighted by Gasteiger charge is -2.37. The number of nitrogens with one attached hydrogen (secondary N) is 2. The first kappa shape index (κ1) is 24.7. The van der Waals surface area contributed by atoms with Crippen LogP contribution < -0.4 is 10.6 Å². The maximum Gasteiger partial charge on any atom is 0.239 e. The highest BCUT2D eigenvalue weighted by molar-refractivity contribution is 5.93. The Morgan fingerprint density at radius 3 is 2.46 bits per heavy atom. The minimum atomic E-state index is -0.0101. The number of piperidine rings is 1. The van der Waals surface area contributed by atoms with Crippen molar-refractivity contribution >= 4 is 42.3 Å². The smallest absolute Gasteiger partial charge is 0.239 e. The van der Waals surface area contributed by atoms with Crippen molar-refractivity contribution in [3.63, 3.8) is 0 Å². The molecule has 2 fully saturated rings. The van der Waals surface area contributed by atoms with Crippen molar-refractivity contribution in [2.75, 3.05) is 44.6 Å². The van der Waals surface area contributed by atoms with E-state index in [1.807, 2.05) is 29.2 Å². The third kappa shape index (κ3) is 6.62. The van der Waals surface area contributed by atoms with Crippen LogP contribution in [0.4, 0.5) is 5.69 Å². The van der Waals surface area contributed by atoms with Crippen molar-refractivity contribution in [1.82, 2.24) is 15.1 Å². The number of piperazine rings is 1. The lowest BCUT2D eigenvalue weighted by atomic mass is 10.0. The number of aryl methyl sites for hydroxylation is 1. The predicted molar refractivity (Wildman–Crippen MR) is 118 cm³/mol. The van der Waals surface area contributed by atoms with Crippen LogP contribution in [0.1, 0.15) is 31.7 Å². The standard InChI is InChI=1S/C20H30N4O2.2ClH/c1-2-16-7-3-4-8-17(16)22-19(25)15-23-11-13-24(14-12-23)20(26)18-9-5-6-10-21-18;;/h3-4,7-8,18,21H,2,5-6,9-15H2,1H3,(H,22,25);2*1H. The number of nitrogens with zero attached hydrogens (tertiary/aromatic N) is 2. The van der Waals surface area contributed by atoms with E-state index in [-0.39, 0.29) is 42.7 Å². The van der Waals surface area contributed by atoms with Crippen LogP contribution in [0.25, 0.3) is 0 Å². The Labute approximate surface area is 180 Å². The lowest BCUT2D eigenvalue weighted by Crippen LogP contribution is -2.55. The molecule has 0 aromatic heterocycles. The highest BCUT2D eigenvalue weighted by Crippen LogP contribution is 2.16. The van der Waals surface area contributed by atoms with Crippen LogP contribution in [-0.4, -0.2) is 66.9 Å². The molecule has 2 saturated heterocycles. The molecule has 6 nitrogen and oxygen atoms in total. The minimum absolute atomic E-state index is 0. The summed E-state index contributed by atoms with van der Waals surface area (Å²) in [6.07, 6.45) is 4.13. The van der Waals surface area contributed by atoms with Gasteiger partial charge in [-0.05, 0) is 37.4 Å². The maximum atomic E-state index is 12.6. The van der Waals surface area contributed by atoms with Crippen LogP contribution in [0.15, 0.2) is 24.3 Å². The molecule has 1 atom stereocenters. The fourth-order valence-corrected chi connectivity index (χ4v) is 3.75. The number of para-hydroxylation sites is 1. The molecule has 2 amide bonds. The minimum Gasteiger partial charge on any atom is -0.339 e. The summed E-state index contributed by atoms with van der Waals surface area (Å²) in [5, 5.41) is 6.35. The zero-order chi connectivity index (χ0) is 18.4. The molecule has 0 saturated carbocycles. The predicted octanol–water partition coefficient (Wildman–Crippen LogP) is 2.32. The molecule has 1 aromatic carbocycles. The molecule has 0 spiro atoms. The molecule has 2 heterocycles. The summed E-state index contributed by atoms with van der Waals surface area (Å²) in [6.45, 7) is 6.31. The number of benzene rings is 1. The van der Waals surface area contributed by atoms with Crippen LogP contribution >= 0.6 is 24.8 Å². The Morgan fingerprint density at radius 2 is 1.82 bits per heavy atom. The summed E-state index contributed by atoms with van der Waals surface area (Å²) in [5.74, 6) is 0.241. The van der Waals surface area contributed by atoms with Gasteiger partial charge in [-0.1, -0.05) is 31.5 Å². The highest BCUT2D eigenvalue weighted by atomic mass is 35.5. The van der Waals surface area contributed by atoms with Crippen molar-refractivity contribution < 1.29 is 9.59 Å². The van der Waals surface area contributed by atoms with Gasteiger partial charge in [0.2, 0.25) is 11.8 Å². The summed E-state index contributed by atoms with van der Waals surface area (Å²) in [4.78, 5) is 29.0. The van der Waals surface area contributed by atoms with Gasteiger partial charge >= 0.3 is 0 Å². The summed E-state index contributed by atoms with van der Waals surface area (Å²) in [5.41, 5.74) is 2.05. The number of carbonyl (C=O) groups is 2. The maximum absolute atomic E-state index is 12.6. The van der Waals surface area contributed by atoms with Crippen molar-refractivity contribution in [3.05, 3.63) is 29.8 Å². The zero-order valence-electron chi connectivity index (χ0n) is 16.5. The van der Waals surface area contributed by atoms with Crippen molar-refractivity contribution in [2.45, 2.75) is 38.6 Å². The van der Waals surface area contributed by atoms with Gasteiger partial charge in [0.15, 0.2) is 0 Å². The van der Waals surface area contributed by atoms with Crippen molar-refractivity contribution in [1.29, 1.82) is 0 Å². The van der Waals surface area contributed by atoms with E-state index in [1.54, 1.807) is 0 Å². The average Bonchev–Trinajstić information content (AvgIpc) is 2.69. The molecule has 0 aliphatic carbocycles. The first-order chi connectivity index (χ1) is 12.7. The largest absolute Gasteiger partial charge is 0.339 e. The molecular weight excluding hydrogens is 399 g/mol. The first-order valence-corrected chi connectivity index (χ1v) is 9.79. The number of hydrogen-bond acceptors (Lipinski definition) is 4. The molecule has 0 bridgehead atoms. The summed E-state index contributed by atoms with van der Waals surface area (Å²) in [7, 11) is 0. The van der Waals surface area contributed by atoms with Gasteiger partial charge in [0.1, 0.15) is 0 Å². The van der Waals surface area contributed by atoms with Crippen LogP contribution in [-0.2, 0) is 16.0 Å². The number of anilines is 1. The lowest BCUT2D eigenvalue weighted by molar-refractivity contribution is -0.135. The molecule has 28 heavy (non-hydrogen) atoms. The molecule has 158 valence electrons.